The minimum absolute atomic E-state index is 0.0629. The number of anilines is 1. The number of pyridine rings is 1. The van der Waals surface area contributed by atoms with Crippen molar-refractivity contribution in [1.29, 1.82) is 0 Å². The van der Waals surface area contributed by atoms with E-state index in [0.29, 0.717) is 6.42 Å². The van der Waals surface area contributed by atoms with Crippen molar-refractivity contribution in [2.24, 2.45) is 15.6 Å². The van der Waals surface area contributed by atoms with Crippen molar-refractivity contribution in [2.45, 2.75) is 65.1 Å². The lowest BCUT2D eigenvalue weighted by molar-refractivity contribution is -0.119. The average Bonchev–Trinajstić information content (AvgIpc) is 3.25. The molecule has 1 aromatic heterocycles. The monoisotopic (exact) mass is 455 g/mol. The third-order valence-electron chi connectivity index (χ3n) is 7.47. The van der Waals surface area contributed by atoms with E-state index in [1.807, 2.05) is 25.4 Å². The predicted octanol–water partition coefficient (Wildman–Crippen LogP) is 5.60. The average molecular weight is 456 g/mol. The third kappa shape index (κ3) is 3.65. The zero-order valence-corrected chi connectivity index (χ0v) is 20.7. The fourth-order valence-electron chi connectivity index (χ4n) is 5.96. The molecule has 0 spiro atoms. The molecule has 6 nitrogen and oxygen atoms in total. The first kappa shape index (κ1) is 22.5. The summed E-state index contributed by atoms with van der Waals surface area (Å²) in [6.45, 7) is 9.29. The normalized spacial score (nSPS) is 24.9. The number of carbonyl (C=O) groups excluding carboxylic acids is 1. The minimum atomic E-state index is -0.510. The molecule has 2 aliphatic heterocycles. The highest BCUT2D eigenvalue weighted by Crippen LogP contribution is 2.53. The number of ketones is 1. The lowest BCUT2D eigenvalue weighted by atomic mass is 9.59. The van der Waals surface area contributed by atoms with Gasteiger partial charge in [0.25, 0.3) is 0 Å². The summed E-state index contributed by atoms with van der Waals surface area (Å²) in [5, 5.41) is 12.3. The maximum Gasteiger partial charge on any atom is 0.164 e. The van der Waals surface area contributed by atoms with Crippen LogP contribution in [0.1, 0.15) is 56.9 Å². The summed E-state index contributed by atoms with van der Waals surface area (Å²) < 4.78 is 0. The Hall–Kier alpha value is -3.28. The highest BCUT2D eigenvalue weighted by molar-refractivity contribution is 6.01. The van der Waals surface area contributed by atoms with E-state index < -0.39 is 5.41 Å². The zero-order valence-electron chi connectivity index (χ0n) is 20.7. The largest absolute Gasteiger partial charge is 0.370 e. The first-order valence-electron chi connectivity index (χ1n) is 12.1. The van der Waals surface area contributed by atoms with Gasteiger partial charge in [-0.1, -0.05) is 45.0 Å². The molecule has 2 atom stereocenters. The number of hydrogen-bond donors (Lipinski definition) is 1. The van der Waals surface area contributed by atoms with Crippen molar-refractivity contribution < 1.29 is 4.79 Å². The quantitative estimate of drug-likeness (QED) is 0.637. The van der Waals surface area contributed by atoms with Crippen LogP contribution in [-0.4, -0.2) is 24.0 Å². The summed E-state index contributed by atoms with van der Waals surface area (Å²) in [6, 6.07) is 12.9. The maximum atomic E-state index is 13.7. The van der Waals surface area contributed by atoms with Gasteiger partial charge >= 0.3 is 0 Å². The Morgan fingerprint density at radius 3 is 2.76 bits per heavy atom. The van der Waals surface area contributed by atoms with E-state index in [-0.39, 0.29) is 17.4 Å². The van der Waals surface area contributed by atoms with Gasteiger partial charge in [-0.15, -0.1) is 0 Å². The van der Waals surface area contributed by atoms with E-state index in [4.69, 9.17) is 0 Å². The van der Waals surface area contributed by atoms with Gasteiger partial charge < -0.3 is 10.2 Å². The first-order valence-corrected chi connectivity index (χ1v) is 12.1. The summed E-state index contributed by atoms with van der Waals surface area (Å²) in [5.41, 5.74) is 6.96. The Morgan fingerprint density at radius 2 is 2.00 bits per heavy atom. The van der Waals surface area contributed by atoms with Crippen molar-refractivity contribution >= 4 is 11.5 Å². The van der Waals surface area contributed by atoms with Crippen LogP contribution in [0.25, 0.3) is 0 Å². The number of aryl methyl sites for hydroxylation is 1. The van der Waals surface area contributed by atoms with Gasteiger partial charge in [0, 0.05) is 54.4 Å². The van der Waals surface area contributed by atoms with Crippen LogP contribution in [0.15, 0.2) is 75.9 Å². The van der Waals surface area contributed by atoms with Crippen LogP contribution in [0.4, 0.5) is 5.69 Å². The number of rotatable bonds is 5. The van der Waals surface area contributed by atoms with E-state index in [0.717, 1.165) is 53.2 Å². The Labute approximate surface area is 201 Å². The number of allylic oxidation sites excluding steroid dienone is 2. The fraction of sp³-hybridized carbons (Fsp3) is 0.429. The van der Waals surface area contributed by atoms with Crippen molar-refractivity contribution in [3.63, 3.8) is 0 Å². The number of nitrogens with one attached hydrogen (secondary N) is 1. The molecule has 34 heavy (non-hydrogen) atoms. The summed E-state index contributed by atoms with van der Waals surface area (Å²) in [5.74, 6) is 0.238. The number of carbonyl (C=O) groups is 1. The van der Waals surface area contributed by atoms with Crippen LogP contribution in [0.2, 0.25) is 0 Å². The smallest absolute Gasteiger partial charge is 0.164 e. The number of azo groups is 1. The van der Waals surface area contributed by atoms with Gasteiger partial charge in [-0.3, -0.25) is 9.78 Å². The number of hydrogen-bond acceptors (Lipinski definition) is 6. The topological polar surface area (TPSA) is 70.0 Å². The van der Waals surface area contributed by atoms with Gasteiger partial charge in [0.05, 0.1) is 11.6 Å². The van der Waals surface area contributed by atoms with Crippen LogP contribution in [-0.2, 0) is 16.8 Å². The first-order chi connectivity index (χ1) is 16.2. The predicted molar refractivity (Wildman–Crippen MR) is 134 cm³/mol. The standard InChI is InChI=1S/C28H33N5O/c1-6-28(20-9-7-8-19(13-20)17-33(5)21-10-11-29-18(2)12-21)22-16-30-32-26(22)31-23-14-27(3,4)15-24(34)25(23)28/h7-13,16,26,31H,6,14-15,17H2,1-5H3/t26?,28-/m1/s1. The maximum absolute atomic E-state index is 13.7. The Kier molecular flexibility index (Phi) is 5.42. The second kappa shape index (κ2) is 8.19. The summed E-state index contributed by atoms with van der Waals surface area (Å²) in [6.07, 6.45) is 5.71. The molecule has 0 saturated heterocycles. The van der Waals surface area contributed by atoms with Crippen molar-refractivity contribution in [2.75, 3.05) is 11.9 Å². The van der Waals surface area contributed by atoms with E-state index in [2.05, 4.69) is 83.6 Å². The third-order valence-corrected chi connectivity index (χ3v) is 7.47. The van der Waals surface area contributed by atoms with Gasteiger partial charge in [-0.05, 0) is 48.4 Å². The van der Waals surface area contributed by atoms with Gasteiger partial charge in [-0.25, -0.2) is 0 Å². The van der Waals surface area contributed by atoms with E-state index in [1.54, 1.807) is 0 Å². The molecule has 0 radical (unpaired) electrons. The second-order valence-corrected chi connectivity index (χ2v) is 10.6. The van der Waals surface area contributed by atoms with Crippen molar-refractivity contribution in [3.8, 4) is 0 Å². The number of Topliss-reactive ketones (excluding diaryl/α,β-unsaturated/α-hetero) is 1. The van der Waals surface area contributed by atoms with Gasteiger partial charge in [0.2, 0.25) is 0 Å². The van der Waals surface area contributed by atoms with Gasteiger partial charge in [0.1, 0.15) is 0 Å². The molecule has 2 aromatic rings. The molecular formula is C28H33N5O. The number of benzene rings is 1. The van der Waals surface area contributed by atoms with E-state index in [1.165, 1.54) is 5.56 Å². The lowest BCUT2D eigenvalue weighted by Gasteiger charge is -2.47. The molecular weight excluding hydrogens is 422 g/mol. The van der Waals surface area contributed by atoms with Crippen LogP contribution in [0, 0.1) is 12.3 Å². The molecule has 3 aliphatic rings. The molecule has 1 aromatic carbocycles. The number of fused-ring (bicyclic) bond motifs is 1. The summed E-state index contributed by atoms with van der Waals surface area (Å²) in [7, 11) is 2.10. The second-order valence-electron chi connectivity index (χ2n) is 10.6. The van der Waals surface area contributed by atoms with Crippen LogP contribution >= 0.6 is 0 Å². The highest BCUT2D eigenvalue weighted by Gasteiger charge is 2.52. The molecule has 1 N–H and O–H groups in total. The lowest BCUT2D eigenvalue weighted by Crippen LogP contribution is -2.51. The SMILES string of the molecule is CC[C@@]1(c2cccc(CN(C)c3ccnc(C)c3)c2)C2=CN=NC2NC2=C1C(=O)CC(C)(C)C2. The summed E-state index contributed by atoms with van der Waals surface area (Å²) in [4.78, 5) is 20.2. The molecule has 0 amide bonds. The van der Waals surface area contributed by atoms with E-state index >= 15 is 0 Å². The van der Waals surface area contributed by atoms with Crippen molar-refractivity contribution in [1.82, 2.24) is 10.3 Å². The number of aromatic nitrogens is 1. The Morgan fingerprint density at radius 1 is 1.18 bits per heavy atom. The van der Waals surface area contributed by atoms with Crippen molar-refractivity contribution in [3.05, 3.63) is 82.5 Å². The van der Waals surface area contributed by atoms with Crippen LogP contribution in [0.5, 0.6) is 0 Å². The summed E-state index contributed by atoms with van der Waals surface area (Å²) >= 11 is 0. The van der Waals surface area contributed by atoms with Gasteiger partial charge in [0.15, 0.2) is 11.9 Å². The minimum Gasteiger partial charge on any atom is -0.370 e. The van der Waals surface area contributed by atoms with E-state index in [9.17, 15) is 4.79 Å². The zero-order chi connectivity index (χ0) is 24.1. The molecule has 176 valence electrons. The Balaban J connectivity index is 1.59. The molecule has 3 heterocycles. The molecule has 6 heteroatoms. The molecule has 0 fully saturated rings. The number of nitrogens with zero attached hydrogens (tertiary/aromatic N) is 4. The molecule has 1 aliphatic carbocycles. The molecule has 5 rings (SSSR count). The Bertz CT molecular complexity index is 1240. The molecule has 0 saturated carbocycles. The van der Waals surface area contributed by atoms with Crippen LogP contribution < -0.4 is 10.2 Å². The fourth-order valence-corrected chi connectivity index (χ4v) is 5.96. The van der Waals surface area contributed by atoms with Gasteiger partial charge in [-0.2, -0.15) is 10.2 Å². The molecule has 1 unspecified atom stereocenters. The molecule has 0 bridgehead atoms. The van der Waals surface area contributed by atoms with Crippen LogP contribution in [0.3, 0.4) is 0 Å². The highest BCUT2D eigenvalue weighted by atomic mass is 16.1.